The summed E-state index contributed by atoms with van der Waals surface area (Å²) in [6.07, 6.45) is 17.5. The maximum atomic E-state index is 13.1. The molecule has 2 aromatic carbocycles. The van der Waals surface area contributed by atoms with E-state index in [1.165, 1.54) is 81.8 Å². The number of hydrogen-bond acceptors (Lipinski definition) is 1. The Morgan fingerprint density at radius 1 is 0.677 bits per heavy atom. The van der Waals surface area contributed by atoms with Crippen molar-refractivity contribution in [1.82, 2.24) is 0 Å². The number of hydrogen-bond donors (Lipinski definition) is 0. The van der Waals surface area contributed by atoms with E-state index in [4.69, 9.17) is 0 Å². The molecule has 1 heteroatoms. The number of unbranched alkanes of at least 4 members (excludes halogenated alkanes) is 11. The fourth-order valence-electron chi connectivity index (χ4n) is 4.38. The zero-order valence-electron chi connectivity index (χ0n) is 20.1. The Balaban J connectivity index is 1.67. The van der Waals surface area contributed by atoms with Gasteiger partial charge in [-0.2, -0.15) is 0 Å². The quantitative estimate of drug-likeness (QED) is 0.233. The standard InChI is InChI=1S/C30H44O/c1-3-4-5-6-7-8-9-10-11-12-13-17-20-30(31)29(28-18-15-14-16-19-28)25-27-23-21-26(2)22-24-27/h14-16,18-19,21-24,29H,3-13,17,20,25H2,1-2H3. The molecule has 2 rings (SSSR count). The van der Waals surface area contributed by atoms with Crippen molar-refractivity contribution in [1.29, 1.82) is 0 Å². The third kappa shape index (κ3) is 10.8. The van der Waals surface area contributed by atoms with Gasteiger partial charge >= 0.3 is 0 Å². The molecule has 1 unspecified atom stereocenters. The molecule has 31 heavy (non-hydrogen) atoms. The Kier molecular flexibility index (Phi) is 13.0. The van der Waals surface area contributed by atoms with Crippen LogP contribution in [0.15, 0.2) is 54.6 Å². The highest BCUT2D eigenvalue weighted by Crippen LogP contribution is 2.25. The number of carbonyl (C=O) groups is 1. The van der Waals surface area contributed by atoms with Crippen molar-refractivity contribution in [2.45, 2.75) is 110 Å². The molecule has 1 atom stereocenters. The van der Waals surface area contributed by atoms with Crippen molar-refractivity contribution >= 4 is 5.78 Å². The van der Waals surface area contributed by atoms with E-state index in [-0.39, 0.29) is 5.92 Å². The molecular weight excluding hydrogens is 376 g/mol. The lowest BCUT2D eigenvalue weighted by atomic mass is 9.86. The molecule has 0 saturated heterocycles. The Morgan fingerprint density at radius 3 is 1.74 bits per heavy atom. The first kappa shape index (κ1) is 25.4. The molecule has 0 amide bonds. The maximum absolute atomic E-state index is 13.1. The number of Topliss-reactive ketones (excluding diaryl/α,β-unsaturated/α-hetero) is 1. The lowest BCUT2D eigenvalue weighted by molar-refractivity contribution is -0.120. The fraction of sp³-hybridized carbons (Fsp3) is 0.567. The molecule has 0 aromatic heterocycles. The zero-order valence-corrected chi connectivity index (χ0v) is 20.1. The van der Waals surface area contributed by atoms with Gasteiger partial charge in [0.1, 0.15) is 5.78 Å². The minimum atomic E-state index is -0.0170. The van der Waals surface area contributed by atoms with Gasteiger partial charge in [0.2, 0.25) is 0 Å². The van der Waals surface area contributed by atoms with E-state index < -0.39 is 0 Å². The van der Waals surface area contributed by atoms with E-state index >= 15 is 0 Å². The van der Waals surface area contributed by atoms with Crippen LogP contribution >= 0.6 is 0 Å². The molecule has 0 aliphatic carbocycles. The van der Waals surface area contributed by atoms with Crippen LogP contribution < -0.4 is 0 Å². The molecule has 0 fully saturated rings. The summed E-state index contributed by atoms with van der Waals surface area (Å²) in [5.74, 6) is 0.385. The van der Waals surface area contributed by atoms with Crippen molar-refractivity contribution < 1.29 is 4.79 Å². The van der Waals surface area contributed by atoms with Crippen molar-refractivity contribution in [2.24, 2.45) is 0 Å². The van der Waals surface area contributed by atoms with E-state index in [0.717, 1.165) is 18.4 Å². The Hall–Kier alpha value is -1.89. The highest BCUT2D eigenvalue weighted by molar-refractivity contribution is 5.86. The maximum Gasteiger partial charge on any atom is 0.140 e. The number of ketones is 1. The second kappa shape index (κ2) is 15.8. The summed E-state index contributed by atoms with van der Waals surface area (Å²) >= 11 is 0. The highest BCUT2D eigenvalue weighted by atomic mass is 16.1. The van der Waals surface area contributed by atoms with Gasteiger partial charge in [-0.05, 0) is 30.9 Å². The van der Waals surface area contributed by atoms with Crippen molar-refractivity contribution in [3.05, 3.63) is 71.3 Å². The van der Waals surface area contributed by atoms with Gasteiger partial charge in [0.05, 0.1) is 0 Å². The topological polar surface area (TPSA) is 17.1 Å². The summed E-state index contributed by atoms with van der Waals surface area (Å²) in [6.45, 7) is 4.39. The van der Waals surface area contributed by atoms with Crippen LogP contribution in [0.2, 0.25) is 0 Å². The summed E-state index contributed by atoms with van der Waals surface area (Å²) < 4.78 is 0. The van der Waals surface area contributed by atoms with Crippen LogP contribution in [0.25, 0.3) is 0 Å². The number of rotatable bonds is 17. The van der Waals surface area contributed by atoms with Gasteiger partial charge in [-0.25, -0.2) is 0 Å². The van der Waals surface area contributed by atoms with Crippen LogP contribution in [-0.2, 0) is 11.2 Å². The lowest BCUT2D eigenvalue weighted by Gasteiger charge is -2.17. The van der Waals surface area contributed by atoms with Crippen LogP contribution in [0.3, 0.4) is 0 Å². The molecule has 0 saturated carbocycles. The molecule has 0 N–H and O–H groups in total. The Morgan fingerprint density at radius 2 is 1.19 bits per heavy atom. The molecule has 0 heterocycles. The number of aryl methyl sites for hydroxylation is 1. The van der Waals surface area contributed by atoms with Gasteiger partial charge in [-0.1, -0.05) is 138 Å². The van der Waals surface area contributed by atoms with Crippen LogP contribution in [0.1, 0.15) is 113 Å². The molecule has 1 nitrogen and oxygen atoms in total. The summed E-state index contributed by atoms with van der Waals surface area (Å²) in [6, 6.07) is 19.0. The molecular formula is C30H44O. The van der Waals surface area contributed by atoms with E-state index in [1.807, 2.05) is 6.07 Å². The molecule has 0 bridgehead atoms. The van der Waals surface area contributed by atoms with Crippen LogP contribution in [0.5, 0.6) is 0 Å². The molecule has 0 spiro atoms. The van der Waals surface area contributed by atoms with Crippen molar-refractivity contribution in [3.63, 3.8) is 0 Å². The van der Waals surface area contributed by atoms with Crippen LogP contribution in [0.4, 0.5) is 0 Å². The lowest BCUT2D eigenvalue weighted by Crippen LogP contribution is -2.15. The second-order valence-electron chi connectivity index (χ2n) is 9.26. The average Bonchev–Trinajstić information content (AvgIpc) is 2.80. The van der Waals surface area contributed by atoms with Gasteiger partial charge in [0.25, 0.3) is 0 Å². The molecule has 0 aliphatic rings. The fourth-order valence-corrected chi connectivity index (χ4v) is 4.38. The highest BCUT2D eigenvalue weighted by Gasteiger charge is 2.20. The van der Waals surface area contributed by atoms with Gasteiger partial charge in [-0.15, -0.1) is 0 Å². The molecule has 0 radical (unpaired) electrons. The molecule has 170 valence electrons. The summed E-state index contributed by atoms with van der Waals surface area (Å²) in [5.41, 5.74) is 3.68. The van der Waals surface area contributed by atoms with Gasteiger partial charge in [0, 0.05) is 12.3 Å². The van der Waals surface area contributed by atoms with Gasteiger partial charge in [-0.3, -0.25) is 4.79 Å². The van der Waals surface area contributed by atoms with Crippen LogP contribution in [0, 0.1) is 6.92 Å². The van der Waals surface area contributed by atoms with E-state index in [1.54, 1.807) is 0 Å². The predicted molar refractivity (Wildman–Crippen MR) is 135 cm³/mol. The van der Waals surface area contributed by atoms with Crippen molar-refractivity contribution in [2.75, 3.05) is 0 Å². The summed E-state index contributed by atoms with van der Waals surface area (Å²) in [7, 11) is 0. The number of carbonyl (C=O) groups excluding carboxylic acids is 1. The Bertz CT molecular complexity index is 701. The first-order chi connectivity index (χ1) is 15.2. The van der Waals surface area contributed by atoms with E-state index in [9.17, 15) is 4.79 Å². The van der Waals surface area contributed by atoms with Crippen LogP contribution in [-0.4, -0.2) is 5.78 Å². The van der Waals surface area contributed by atoms with Gasteiger partial charge in [0.15, 0.2) is 0 Å². The van der Waals surface area contributed by atoms with Crippen molar-refractivity contribution in [3.8, 4) is 0 Å². The first-order valence-electron chi connectivity index (χ1n) is 12.8. The smallest absolute Gasteiger partial charge is 0.140 e. The third-order valence-electron chi connectivity index (χ3n) is 6.43. The molecule has 0 aliphatic heterocycles. The minimum absolute atomic E-state index is 0.0170. The largest absolute Gasteiger partial charge is 0.299 e. The first-order valence-corrected chi connectivity index (χ1v) is 12.8. The molecule has 2 aromatic rings. The van der Waals surface area contributed by atoms with E-state index in [0.29, 0.717) is 12.2 Å². The van der Waals surface area contributed by atoms with Gasteiger partial charge < -0.3 is 0 Å². The van der Waals surface area contributed by atoms with E-state index in [2.05, 4.69) is 62.4 Å². The second-order valence-corrected chi connectivity index (χ2v) is 9.26. The number of benzene rings is 2. The third-order valence-corrected chi connectivity index (χ3v) is 6.43. The Labute approximate surface area is 191 Å². The monoisotopic (exact) mass is 420 g/mol. The summed E-state index contributed by atoms with van der Waals surface area (Å²) in [5, 5.41) is 0. The summed E-state index contributed by atoms with van der Waals surface area (Å²) in [4.78, 5) is 13.1. The zero-order chi connectivity index (χ0) is 22.2. The average molecular weight is 421 g/mol. The minimum Gasteiger partial charge on any atom is -0.299 e. The normalized spacial score (nSPS) is 12.1. The predicted octanol–water partition coefficient (Wildman–Crippen LogP) is 8.98. The SMILES string of the molecule is CCCCCCCCCCCCCCC(=O)C(Cc1ccc(C)cc1)c1ccccc1.